The van der Waals surface area contributed by atoms with E-state index in [2.05, 4.69) is 13.5 Å². The van der Waals surface area contributed by atoms with Crippen molar-refractivity contribution in [3.8, 4) is 0 Å². The number of hydrogen-bond donors (Lipinski definition) is 1. The molecule has 1 aliphatic heterocycles. The molecule has 0 aromatic heterocycles. The molecule has 0 aliphatic carbocycles. The van der Waals surface area contributed by atoms with Crippen LogP contribution in [0.1, 0.15) is 38.7 Å². The van der Waals surface area contributed by atoms with Crippen LogP contribution in [0.5, 0.6) is 0 Å². The van der Waals surface area contributed by atoms with E-state index in [0.717, 1.165) is 30.4 Å². The smallest absolute Gasteiger partial charge is 0.243 e. The van der Waals surface area contributed by atoms with E-state index in [1.54, 1.807) is 31.2 Å². The summed E-state index contributed by atoms with van der Waals surface area (Å²) in [7, 11) is -3.58. The second-order valence-electron chi connectivity index (χ2n) is 6.78. The van der Waals surface area contributed by atoms with Gasteiger partial charge < -0.3 is 5.11 Å². The minimum Gasteiger partial charge on any atom is -0.388 e. The van der Waals surface area contributed by atoms with Crippen molar-refractivity contribution in [2.75, 3.05) is 13.1 Å². The third kappa shape index (κ3) is 3.84. The first kappa shape index (κ1) is 18.2. The Hall–Kier alpha value is -1.17. The lowest BCUT2D eigenvalue weighted by Crippen LogP contribution is -2.36. The molecule has 0 saturated carbocycles. The Morgan fingerprint density at radius 2 is 2.00 bits per heavy atom. The Kier molecular flexibility index (Phi) is 5.33. The fourth-order valence-corrected chi connectivity index (χ4v) is 4.68. The quantitative estimate of drug-likeness (QED) is 0.812. The fourth-order valence-electron chi connectivity index (χ4n) is 3.12. The highest BCUT2D eigenvalue weighted by Gasteiger charge is 2.46. The second kappa shape index (κ2) is 6.75. The van der Waals surface area contributed by atoms with Crippen LogP contribution in [0.4, 0.5) is 0 Å². The molecule has 2 atom stereocenters. The van der Waals surface area contributed by atoms with Gasteiger partial charge in [-0.1, -0.05) is 43.2 Å². The summed E-state index contributed by atoms with van der Waals surface area (Å²) >= 11 is 0. The SMILES string of the molecule is C=C(CCCC)[C@@H]1CN(S(=O)(=O)c2ccc(C)cc2)C[C@]1(C)O. The van der Waals surface area contributed by atoms with Crippen LogP contribution >= 0.6 is 0 Å². The summed E-state index contributed by atoms with van der Waals surface area (Å²) in [5, 5.41) is 10.7. The topological polar surface area (TPSA) is 57.6 Å². The van der Waals surface area contributed by atoms with Crippen LogP contribution in [0.2, 0.25) is 0 Å². The number of rotatable bonds is 6. The molecule has 1 heterocycles. The number of β-amino-alcohol motifs (C(OH)–C–C–N with tert-alkyl or cyclic N) is 1. The van der Waals surface area contributed by atoms with Crippen molar-refractivity contribution >= 4 is 10.0 Å². The van der Waals surface area contributed by atoms with Crippen molar-refractivity contribution in [1.29, 1.82) is 0 Å². The predicted molar refractivity (Wildman–Crippen MR) is 92.7 cm³/mol. The van der Waals surface area contributed by atoms with Gasteiger partial charge in [0.25, 0.3) is 0 Å². The molecule has 0 unspecified atom stereocenters. The van der Waals surface area contributed by atoms with Crippen LogP contribution in [0.25, 0.3) is 0 Å². The van der Waals surface area contributed by atoms with Gasteiger partial charge in [-0.05, 0) is 38.8 Å². The second-order valence-corrected chi connectivity index (χ2v) is 8.72. The molecule has 1 saturated heterocycles. The van der Waals surface area contributed by atoms with Gasteiger partial charge in [-0.2, -0.15) is 4.31 Å². The van der Waals surface area contributed by atoms with E-state index in [4.69, 9.17) is 0 Å². The minimum absolute atomic E-state index is 0.110. The van der Waals surface area contributed by atoms with Gasteiger partial charge in [0.2, 0.25) is 10.0 Å². The zero-order valence-corrected chi connectivity index (χ0v) is 15.1. The lowest BCUT2D eigenvalue weighted by atomic mass is 9.85. The Balaban J connectivity index is 2.22. The lowest BCUT2D eigenvalue weighted by Gasteiger charge is -2.26. The molecule has 1 fully saturated rings. The van der Waals surface area contributed by atoms with Gasteiger partial charge in [-0.15, -0.1) is 0 Å². The molecule has 128 valence electrons. The number of nitrogens with zero attached hydrogens (tertiary/aromatic N) is 1. The summed E-state index contributed by atoms with van der Waals surface area (Å²) in [6.45, 7) is 10.2. The largest absolute Gasteiger partial charge is 0.388 e. The normalized spacial score (nSPS) is 25.7. The molecule has 0 spiro atoms. The Bertz CT molecular complexity index is 662. The average Bonchev–Trinajstić information content (AvgIpc) is 2.81. The molecule has 4 nitrogen and oxygen atoms in total. The van der Waals surface area contributed by atoms with Gasteiger partial charge in [-0.25, -0.2) is 8.42 Å². The zero-order valence-electron chi connectivity index (χ0n) is 14.2. The van der Waals surface area contributed by atoms with E-state index in [9.17, 15) is 13.5 Å². The summed E-state index contributed by atoms with van der Waals surface area (Å²) in [5.74, 6) is -0.214. The number of hydrogen-bond acceptors (Lipinski definition) is 3. The molecule has 1 aromatic rings. The van der Waals surface area contributed by atoms with Crippen LogP contribution in [0.15, 0.2) is 41.3 Å². The van der Waals surface area contributed by atoms with Crippen LogP contribution < -0.4 is 0 Å². The van der Waals surface area contributed by atoms with Gasteiger partial charge in [0.05, 0.1) is 10.5 Å². The van der Waals surface area contributed by atoms with Gasteiger partial charge in [-0.3, -0.25) is 0 Å². The molecule has 1 N–H and O–H groups in total. The van der Waals surface area contributed by atoms with Gasteiger partial charge in [0.1, 0.15) is 0 Å². The maximum absolute atomic E-state index is 12.8. The highest BCUT2D eigenvalue weighted by Crippen LogP contribution is 2.37. The van der Waals surface area contributed by atoms with Crippen LogP contribution in [-0.2, 0) is 10.0 Å². The Labute approximate surface area is 139 Å². The van der Waals surface area contributed by atoms with Crippen molar-refractivity contribution in [1.82, 2.24) is 4.31 Å². The molecule has 0 bridgehead atoms. The van der Waals surface area contributed by atoms with E-state index in [1.807, 2.05) is 6.92 Å². The first-order valence-electron chi connectivity index (χ1n) is 8.15. The molecule has 1 aromatic carbocycles. The van der Waals surface area contributed by atoms with Crippen LogP contribution in [0.3, 0.4) is 0 Å². The maximum Gasteiger partial charge on any atom is 0.243 e. The van der Waals surface area contributed by atoms with E-state index in [1.165, 1.54) is 4.31 Å². The Morgan fingerprint density at radius 3 is 2.57 bits per heavy atom. The number of benzene rings is 1. The predicted octanol–water partition coefficient (Wildman–Crippen LogP) is 3.11. The fraction of sp³-hybridized carbons (Fsp3) is 0.556. The monoisotopic (exact) mass is 337 g/mol. The summed E-state index contributed by atoms with van der Waals surface area (Å²) in [6.07, 6.45) is 2.89. The molecule has 23 heavy (non-hydrogen) atoms. The van der Waals surface area contributed by atoms with Crippen molar-refractivity contribution in [2.45, 2.75) is 50.5 Å². The third-order valence-corrected chi connectivity index (χ3v) is 6.46. The van der Waals surface area contributed by atoms with E-state index < -0.39 is 15.6 Å². The van der Waals surface area contributed by atoms with E-state index >= 15 is 0 Å². The first-order chi connectivity index (χ1) is 10.7. The molecule has 2 rings (SSSR count). The lowest BCUT2D eigenvalue weighted by molar-refractivity contribution is 0.0453. The molecule has 1 aliphatic rings. The maximum atomic E-state index is 12.8. The average molecular weight is 337 g/mol. The van der Waals surface area contributed by atoms with E-state index in [-0.39, 0.29) is 17.4 Å². The number of aliphatic hydroxyl groups is 1. The van der Waals surface area contributed by atoms with Crippen molar-refractivity contribution in [3.05, 3.63) is 42.0 Å². The highest BCUT2D eigenvalue weighted by molar-refractivity contribution is 7.89. The number of aryl methyl sites for hydroxylation is 1. The first-order valence-corrected chi connectivity index (χ1v) is 9.59. The number of unbranched alkanes of at least 4 members (excludes halogenated alkanes) is 1. The summed E-state index contributed by atoms with van der Waals surface area (Å²) in [6, 6.07) is 6.83. The Morgan fingerprint density at radius 1 is 1.39 bits per heavy atom. The number of sulfonamides is 1. The van der Waals surface area contributed by atoms with Gasteiger partial charge in [0, 0.05) is 19.0 Å². The summed E-state index contributed by atoms with van der Waals surface area (Å²) < 4.78 is 27.0. The van der Waals surface area contributed by atoms with Crippen LogP contribution in [-0.4, -0.2) is 36.5 Å². The molecular weight excluding hydrogens is 310 g/mol. The van der Waals surface area contributed by atoms with Crippen LogP contribution in [0, 0.1) is 12.8 Å². The van der Waals surface area contributed by atoms with E-state index in [0.29, 0.717) is 6.54 Å². The van der Waals surface area contributed by atoms with Gasteiger partial charge in [0.15, 0.2) is 0 Å². The van der Waals surface area contributed by atoms with Crippen molar-refractivity contribution < 1.29 is 13.5 Å². The standard InChI is InChI=1S/C18H27NO3S/c1-5-6-7-15(3)17-12-19(13-18(17,4)20)23(21,22)16-10-8-14(2)9-11-16/h8-11,17,20H,3,5-7,12-13H2,1-2,4H3/t17-,18-/m0/s1. The zero-order chi connectivity index (χ0) is 17.3. The third-order valence-electron chi connectivity index (χ3n) is 4.64. The highest BCUT2D eigenvalue weighted by atomic mass is 32.2. The minimum atomic E-state index is -3.58. The summed E-state index contributed by atoms with van der Waals surface area (Å²) in [5.41, 5.74) is 0.893. The van der Waals surface area contributed by atoms with Crippen molar-refractivity contribution in [2.24, 2.45) is 5.92 Å². The molecule has 0 radical (unpaired) electrons. The summed E-state index contributed by atoms with van der Waals surface area (Å²) in [4.78, 5) is 0.277. The van der Waals surface area contributed by atoms with Crippen molar-refractivity contribution in [3.63, 3.8) is 0 Å². The van der Waals surface area contributed by atoms with Gasteiger partial charge >= 0.3 is 0 Å². The molecule has 0 amide bonds. The molecule has 5 heteroatoms. The molecular formula is C18H27NO3S.